The van der Waals surface area contributed by atoms with Gasteiger partial charge in [0.25, 0.3) is 0 Å². The van der Waals surface area contributed by atoms with E-state index in [2.05, 4.69) is 27.0 Å². The third-order valence-corrected chi connectivity index (χ3v) is 2.32. The molecule has 0 aliphatic heterocycles. The van der Waals surface area contributed by atoms with Crippen molar-refractivity contribution in [3.63, 3.8) is 0 Å². The molecular weight excluding hydrogens is 308 g/mol. The minimum absolute atomic E-state index is 0. The zero-order chi connectivity index (χ0) is 7.68. The van der Waals surface area contributed by atoms with E-state index in [1.54, 1.807) is 6.20 Å². The Morgan fingerprint density at radius 1 is 1.17 bits per heavy atom. The van der Waals surface area contributed by atoms with Crippen LogP contribution < -0.4 is 0 Å². The van der Waals surface area contributed by atoms with Crippen LogP contribution in [0.4, 0.5) is 0 Å². The number of rotatable bonds is 0. The van der Waals surface area contributed by atoms with Crippen molar-refractivity contribution in [3.05, 3.63) is 41.1 Å². The molecule has 0 atom stereocenters. The molecule has 2 rings (SSSR count). The van der Waals surface area contributed by atoms with E-state index in [-0.39, 0.29) is 20.4 Å². The Kier molecular flexibility index (Phi) is 3.40. The molecule has 0 spiro atoms. The van der Waals surface area contributed by atoms with E-state index < -0.39 is 0 Å². The molecule has 0 N–H and O–H groups in total. The van der Waals surface area contributed by atoms with Gasteiger partial charge in [-0.3, -0.25) is 4.98 Å². The van der Waals surface area contributed by atoms with Crippen molar-refractivity contribution in [2.24, 2.45) is 0 Å². The summed E-state index contributed by atoms with van der Waals surface area (Å²) in [7, 11) is 0. The molecular formula is C9H6BrNPd. The second kappa shape index (κ2) is 4.14. The van der Waals surface area contributed by atoms with Crippen LogP contribution in [0.25, 0.3) is 10.8 Å². The van der Waals surface area contributed by atoms with Crippen LogP contribution in [0.3, 0.4) is 0 Å². The number of benzene rings is 1. The van der Waals surface area contributed by atoms with E-state index in [0.717, 1.165) is 9.86 Å². The predicted molar refractivity (Wildman–Crippen MR) is 49.4 cm³/mol. The Balaban J connectivity index is 0.000000720. The van der Waals surface area contributed by atoms with E-state index in [1.807, 2.05) is 24.4 Å². The van der Waals surface area contributed by atoms with Gasteiger partial charge >= 0.3 is 0 Å². The van der Waals surface area contributed by atoms with Gasteiger partial charge in [-0.15, -0.1) is 0 Å². The Hall–Kier alpha value is -0.228. The van der Waals surface area contributed by atoms with Crippen molar-refractivity contribution in [2.75, 3.05) is 0 Å². The molecule has 64 valence electrons. The van der Waals surface area contributed by atoms with Crippen LogP contribution in [0.15, 0.2) is 41.1 Å². The molecule has 2 aromatic rings. The smallest absolute Gasteiger partial charge is 0.0357 e. The summed E-state index contributed by atoms with van der Waals surface area (Å²) in [5.41, 5.74) is 0. The summed E-state index contributed by atoms with van der Waals surface area (Å²) in [5, 5.41) is 2.38. The molecule has 1 nitrogen and oxygen atoms in total. The Labute approximate surface area is 93.0 Å². The summed E-state index contributed by atoms with van der Waals surface area (Å²) < 4.78 is 1.10. The van der Waals surface area contributed by atoms with Gasteiger partial charge in [0.1, 0.15) is 0 Å². The standard InChI is InChI=1S/C9H6BrN.Pd/c10-9-3-1-2-7-4-5-11-6-8(7)9;/h1-6H;. The number of nitrogens with zero attached hydrogens (tertiary/aromatic N) is 1. The third-order valence-electron chi connectivity index (χ3n) is 1.63. The molecule has 3 heteroatoms. The zero-order valence-corrected chi connectivity index (χ0v) is 9.25. The van der Waals surface area contributed by atoms with Crippen molar-refractivity contribution in [1.29, 1.82) is 0 Å². The molecule has 1 aromatic carbocycles. The third kappa shape index (κ3) is 1.74. The van der Waals surface area contributed by atoms with E-state index in [0.29, 0.717) is 0 Å². The summed E-state index contributed by atoms with van der Waals surface area (Å²) in [6, 6.07) is 8.11. The molecule has 0 aliphatic carbocycles. The van der Waals surface area contributed by atoms with Gasteiger partial charge in [0.2, 0.25) is 0 Å². The average molecular weight is 314 g/mol. The molecule has 0 fully saturated rings. The summed E-state index contributed by atoms with van der Waals surface area (Å²) >= 11 is 3.46. The zero-order valence-electron chi connectivity index (χ0n) is 6.11. The predicted octanol–water partition coefficient (Wildman–Crippen LogP) is 2.99. The van der Waals surface area contributed by atoms with Crippen LogP contribution in [0.2, 0.25) is 0 Å². The minimum atomic E-state index is 0. The normalized spacial score (nSPS) is 9.42. The molecule has 12 heavy (non-hydrogen) atoms. The summed E-state index contributed by atoms with van der Waals surface area (Å²) in [6.07, 6.45) is 3.66. The van der Waals surface area contributed by atoms with E-state index in [9.17, 15) is 0 Å². The van der Waals surface area contributed by atoms with Gasteiger partial charge in [-0.25, -0.2) is 0 Å². The number of halogens is 1. The monoisotopic (exact) mass is 313 g/mol. The second-order valence-electron chi connectivity index (χ2n) is 2.34. The SMILES string of the molecule is Brc1cccc2ccncc12.[Pd]. The minimum Gasteiger partial charge on any atom is -0.264 e. The Bertz CT molecular complexity index is 384. The fraction of sp³-hybridized carbons (Fsp3) is 0. The van der Waals surface area contributed by atoms with Crippen LogP contribution in [0.1, 0.15) is 0 Å². The number of fused-ring (bicyclic) bond motifs is 1. The molecule has 1 heterocycles. The maximum absolute atomic E-state index is 4.04. The Morgan fingerprint density at radius 2 is 2.00 bits per heavy atom. The van der Waals surface area contributed by atoms with Crippen LogP contribution >= 0.6 is 15.9 Å². The van der Waals surface area contributed by atoms with Crippen LogP contribution in [0.5, 0.6) is 0 Å². The van der Waals surface area contributed by atoms with Crippen molar-refractivity contribution in [1.82, 2.24) is 4.98 Å². The van der Waals surface area contributed by atoms with Crippen molar-refractivity contribution < 1.29 is 20.4 Å². The van der Waals surface area contributed by atoms with Gasteiger partial charge in [0, 0.05) is 42.7 Å². The summed E-state index contributed by atoms with van der Waals surface area (Å²) in [6.45, 7) is 0. The molecule has 1 aromatic heterocycles. The summed E-state index contributed by atoms with van der Waals surface area (Å²) in [4.78, 5) is 4.04. The number of hydrogen-bond acceptors (Lipinski definition) is 1. The van der Waals surface area contributed by atoms with Crippen molar-refractivity contribution in [3.8, 4) is 0 Å². The first kappa shape index (κ1) is 9.86. The largest absolute Gasteiger partial charge is 0.264 e. The van der Waals surface area contributed by atoms with Crippen molar-refractivity contribution in [2.45, 2.75) is 0 Å². The molecule has 0 saturated heterocycles. The van der Waals surface area contributed by atoms with Crippen LogP contribution in [0, 0.1) is 0 Å². The molecule has 0 amide bonds. The molecule has 0 unspecified atom stereocenters. The summed E-state index contributed by atoms with van der Waals surface area (Å²) in [5.74, 6) is 0. The molecule has 0 bridgehead atoms. The van der Waals surface area contributed by atoms with Gasteiger partial charge < -0.3 is 0 Å². The first-order valence-corrected chi connectivity index (χ1v) is 4.15. The first-order chi connectivity index (χ1) is 5.38. The van der Waals surface area contributed by atoms with Crippen molar-refractivity contribution >= 4 is 26.7 Å². The maximum Gasteiger partial charge on any atom is 0.0357 e. The molecule has 0 saturated carbocycles. The Morgan fingerprint density at radius 3 is 2.75 bits per heavy atom. The average Bonchev–Trinajstić information content (AvgIpc) is 2.06. The molecule has 0 radical (unpaired) electrons. The second-order valence-corrected chi connectivity index (χ2v) is 3.19. The first-order valence-electron chi connectivity index (χ1n) is 3.36. The van der Waals surface area contributed by atoms with E-state index in [1.165, 1.54) is 5.39 Å². The topological polar surface area (TPSA) is 12.9 Å². The number of aromatic nitrogens is 1. The maximum atomic E-state index is 4.04. The van der Waals surface area contributed by atoms with E-state index >= 15 is 0 Å². The van der Waals surface area contributed by atoms with Gasteiger partial charge in [-0.05, 0) is 17.5 Å². The number of hydrogen-bond donors (Lipinski definition) is 0. The van der Waals surface area contributed by atoms with Gasteiger partial charge in [0.15, 0.2) is 0 Å². The van der Waals surface area contributed by atoms with Crippen LogP contribution in [-0.4, -0.2) is 4.98 Å². The van der Waals surface area contributed by atoms with Crippen LogP contribution in [-0.2, 0) is 20.4 Å². The molecule has 0 aliphatic rings. The van der Waals surface area contributed by atoms with E-state index in [4.69, 9.17) is 0 Å². The van der Waals surface area contributed by atoms with Gasteiger partial charge in [-0.2, -0.15) is 0 Å². The fourth-order valence-electron chi connectivity index (χ4n) is 1.08. The number of pyridine rings is 1. The quantitative estimate of drug-likeness (QED) is 0.681. The van der Waals surface area contributed by atoms with Gasteiger partial charge in [0.05, 0.1) is 0 Å². The fourth-order valence-corrected chi connectivity index (χ4v) is 1.56. The van der Waals surface area contributed by atoms with Gasteiger partial charge in [-0.1, -0.05) is 28.1 Å².